The SMILES string of the molecule is CCCN=C1NC(=O)N=C2N=C(C(C)C)N=C21. The summed E-state index contributed by atoms with van der Waals surface area (Å²) >= 11 is 0. The zero-order chi connectivity index (χ0) is 12.4. The van der Waals surface area contributed by atoms with Crippen molar-refractivity contribution in [2.45, 2.75) is 27.2 Å². The summed E-state index contributed by atoms with van der Waals surface area (Å²) in [6, 6.07) is -0.428. The van der Waals surface area contributed by atoms with Crippen LogP contribution in [0.15, 0.2) is 20.0 Å². The molecule has 0 aromatic rings. The van der Waals surface area contributed by atoms with Crippen molar-refractivity contribution < 1.29 is 4.79 Å². The molecule has 0 spiro atoms. The van der Waals surface area contributed by atoms with Crippen molar-refractivity contribution in [3.63, 3.8) is 0 Å². The number of aliphatic imine (C=N–C) groups is 4. The molecule has 6 nitrogen and oxygen atoms in total. The van der Waals surface area contributed by atoms with Crippen molar-refractivity contribution in [2.24, 2.45) is 25.9 Å². The maximum Gasteiger partial charge on any atom is 0.348 e. The molecule has 90 valence electrons. The van der Waals surface area contributed by atoms with Gasteiger partial charge >= 0.3 is 6.03 Å². The third-order valence-electron chi connectivity index (χ3n) is 2.33. The lowest BCUT2D eigenvalue weighted by molar-refractivity contribution is 0.253. The predicted molar refractivity (Wildman–Crippen MR) is 68.3 cm³/mol. The summed E-state index contributed by atoms with van der Waals surface area (Å²) in [6.45, 7) is 6.67. The van der Waals surface area contributed by atoms with Crippen molar-refractivity contribution in [1.29, 1.82) is 0 Å². The molecular formula is C11H15N5O. The summed E-state index contributed by atoms with van der Waals surface area (Å²) in [6.07, 6.45) is 0.914. The number of urea groups is 1. The number of amidine groups is 3. The zero-order valence-corrected chi connectivity index (χ0v) is 10.2. The Bertz CT molecular complexity index is 470. The van der Waals surface area contributed by atoms with Crippen LogP contribution < -0.4 is 5.32 Å². The third kappa shape index (κ3) is 2.30. The molecule has 0 fully saturated rings. The molecule has 0 radical (unpaired) electrons. The highest BCUT2D eigenvalue weighted by Gasteiger charge is 2.29. The van der Waals surface area contributed by atoms with Gasteiger partial charge in [-0.3, -0.25) is 10.3 Å². The molecule has 0 atom stereocenters. The molecule has 0 aromatic heterocycles. The number of carbonyl (C=O) groups excluding carboxylic acids is 1. The van der Waals surface area contributed by atoms with E-state index in [0.29, 0.717) is 29.8 Å². The standard InChI is InChI=1S/C11H15N5O/c1-4-5-12-9-7-10(16-11(17)15-9)14-8(13-7)6(2)3/h6H,4-5H2,1-3H3,(H,12,15,17). The Balaban J connectivity index is 2.35. The van der Waals surface area contributed by atoms with Crippen LogP contribution in [0.3, 0.4) is 0 Å². The number of nitrogens with one attached hydrogen (secondary N) is 1. The fraction of sp³-hybridized carbons (Fsp3) is 0.545. The van der Waals surface area contributed by atoms with Crippen molar-refractivity contribution >= 4 is 29.2 Å². The fourth-order valence-electron chi connectivity index (χ4n) is 1.47. The molecule has 0 saturated heterocycles. The predicted octanol–water partition coefficient (Wildman–Crippen LogP) is 1.43. The van der Waals surface area contributed by atoms with Crippen LogP contribution >= 0.6 is 0 Å². The van der Waals surface area contributed by atoms with Gasteiger partial charge in [-0.05, 0) is 6.42 Å². The molecule has 6 heteroatoms. The van der Waals surface area contributed by atoms with E-state index < -0.39 is 6.03 Å². The first-order valence-corrected chi connectivity index (χ1v) is 5.74. The fourth-order valence-corrected chi connectivity index (χ4v) is 1.47. The Labute approximate surface area is 99.7 Å². The second-order valence-corrected chi connectivity index (χ2v) is 4.18. The van der Waals surface area contributed by atoms with Crippen LogP contribution in [0.2, 0.25) is 0 Å². The molecular weight excluding hydrogens is 218 g/mol. The average molecular weight is 233 g/mol. The number of rotatable bonds is 3. The van der Waals surface area contributed by atoms with Gasteiger partial charge in [-0.2, -0.15) is 4.99 Å². The summed E-state index contributed by atoms with van der Waals surface area (Å²) in [5.74, 6) is 1.77. The number of amides is 2. The van der Waals surface area contributed by atoms with Gasteiger partial charge in [0.25, 0.3) is 0 Å². The Hall–Kier alpha value is -1.85. The van der Waals surface area contributed by atoms with E-state index in [1.165, 1.54) is 0 Å². The quantitative estimate of drug-likeness (QED) is 0.786. The largest absolute Gasteiger partial charge is 0.348 e. The smallest absolute Gasteiger partial charge is 0.289 e. The lowest BCUT2D eigenvalue weighted by Crippen LogP contribution is -2.42. The zero-order valence-electron chi connectivity index (χ0n) is 10.2. The summed E-state index contributed by atoms with van der Waals surface area (Å²) in [4.78, 5) is 28.1. The van der Waals surface area contributed by atoms with E-state index in [0.717, 1.165) is 6.42 Å². The van der Waals surface area contributed by atoms with Crippen molar-refractivity contribution in [1.82, 2.24) is 5.32 Å². The van der Waals surface area contributed by atoms with Gasteiger partial charge in [0.2, 0.25) is 0 Å². The van der Waals surface area contributed by atoms with Crippen LogP contribution in [0.25, 0.3) is 0 Å². The minimum Gasteiger partial charge on any atom is -0.289 e. The van der Waals surface area contributed by atoms with E-state index in [9.17, 15) is 4.79 Å². The van der Waals surface area contributed by atoms with E-state index in [2.05, 4.69) is 25.3 Å². The Morgan fingerprint density at radius 3 is 2.71 bits per heavy atom. The highest BCUT2D eigenvalue weighted by Crippen LogP contribution is 2.11. The van der Waals surface area contributed by atoms with Gasteiger partial charge in [0.15, 0.2) is 17.4 Å². The molecule has 2 aliphatic rings. The van der Waals surface area contributed by atoms with E-state index in [1.807, 2.05) is 20.8 Å². The molecule has 0 bridgehead atoms. The molecule has 2 aliphatic heterocycles. The second kappa shape index (κ2) is 4.57. The first kappa shape index (κ1) is 11.6. The Morgan fingerprint density at radius 1 is 1.29 bits per heavy atom. The minimum absolute atomic E-state index is 0.207. The molecule has 2 heterocycles. The number of nitrogens with zero attached hydrogens (tertiary/aromatic N) is 4. The molecule has 2 amide bonds. The molecule has 0 aromatic carbocycles. The van der Waals surface area contributed by atoms with Gasteiger partial charge in [0, 0.05) is 12.5 Å². The molecule has 17 heavy (non-hydrogen) atoms. The maximum absolute atomic E-state index is 11.4. The lowest BCUT2D eigenvalue weighted by Gasteiger charge is -2.11. The first-order chi connectivity index (χ1) is 8.11. The van der Waals surface area contributed by atoms with Crippen LogP contribution in [0.5, 0.6) is 0 Å². The van der Waals surface area contributed by atoms with Gasteiger partial charge in [-0.25, -0.2) is 14.8 Å². The monoisotopic (exact) mass is 233 g/mol. The Morgan fingerprint density at radius 2 is 2.06 bits per heavy atom. The average Bonchev–Trinajstić information content (AvgIpc) is 2.69. The highest BCUT2D eigenvalue weighted by atomic mass is 16.2. The van der Waals surface area contributed by atoms with E-state index in [-0.39, 0.29) is 5.92 Å². The normalized spacial score (nSPS) is 21.1. The summed E-state index contributed by atoms with van der Waals surface area (Å²) < 4.78 is 0. The topological polar surface area (TPSA) is 78.5 Å². The van der Waals surface area contributed by atoms with Gasteiger partial charge in [0.1, 0.15) is 5.84 Å². The first-order valence-electron chi connectivity index (χ1n) is 5.74. The molecule has 2 rings (SSSR count). The van der Waals surface area contributed by atoms with Gasteiger partial charge in [-0.1, -0.05) is 20.8 Å². The minimum atomic E-state index is -0.428. The molecule has 0 aliphatic carbocycles. The summed E-state index contributed by atoms with van der Waals surface area (Å²) in [7, 11) is 0. The van der Waals surface area contributed by atoms with Crippen molar-refractivity contribution in [3.05, 3.63) is 0 Å². The second-order valence-electron chi connectivity index (χ2n) is 4.18. The van der Waals surface area contributed by atoms with Gasteiger partial charge in [-0.15, -0.1) is 0 Å². The summed E-state index contributed by atoms with van der Waals surface area (Å²) in [5.41, 5.74) is 0.585. The van der Waals surface area contributed by atoms with Crippen LogP contribution in [-0.4, -0.2) is 35.8 Å². The molecule has 0 saturated carbocycles. The number of hydrogen-bond donors (Lipinski definition) is 1. The van der Waals surface area contributed by atoms with Gasteiger partial charge < -0.3 is 0 Å². The van der Waals surface area contributed by atoms with E-state index in [4.69, 9.17) is 0 Å². The van der Waals surface area contributed by atoms with E-state index >= 15 is 0 Å². The van der Waals surface area contributed by atoms with Crippen molar-refractivity contribution in [3.8, 4) is 0 Å². The van der Waals surface area contributed by atoms with Crippen LogP contribution in [0.1, 0.15) is 27.2 Å². The molecule has 0 unspecified atom stereocenters. The number of fused-ring (bicyclic) bond motifs is 1. The maximum atomic E-state index is 11.4. The third-order valence-corrected chi connectivity index (χ3v) is 2.33. The van der Waals surface area contributed by atoms with Crippen LogP contribution in [0.4, 0.5) is 4.79 Å². The number of carbonyl (C=O) groups is 1. The van der Waals surface area contributed by atoms with E-state index in [1.54, 1.807) is 0 Å². The van der Waals surface area contributed by atoms with Crippen molar-refractivity contribution in [2.75, 3.05) is 6.54 Å². The molecule has 1 N–H and O–H groups in total. The van der Waals surface area contributed by atoms with Gasteiger partial charge in [0.05, 0.1) is 0 Å². The van der Waals surface area contributed by atoms with Crippen LogP contribution in [0, 0.1) is 5.92 Å². The lowest BCUT2D eigenvalue weighted by atomic mass is 10.2. The number of hydrogen-bond acceptors (Lipinski definition) is 4. The Kier molecular flexibility index (Phi) is 3.12. The highest BCUT2D eigenvalue weighted by molar-refractivity contribution is 6.73. The van der Waals surface area contributed by atoms with Crippen LogP contribution in [-0.2, 0) is 0 Å². The summed E-state index contributed by atoms with van der Waals surface area (Å²) in [5, 5.41) is 2.60.